The van der Waals surface area contributed by atoms with Gasteiger partial charge in [-0.1, -0.05) is 19.8 Å². The molecule has 3 aliphatic rings. The second-order valence-corrected chi connectivity index (χ2v) is 20.5. The number of aliphatic hydroxyl groups excluding tert-OH is 12. The van der Waals surface area contributed by atoms with Gasteiger partial charge in [0.1, 0.15) is 73.2 Å². The molecule has 3 heterocycles. The molecule has 0 aromatic heterocycles. The molecular formula is C52H97N3O28. The van der Waals surface area contributed by atoms with Crippen LogP contribution in [0.1, 0.15) is 64.7 Å². The number of aliphatic hydroxyl groups is 12. The lowest BCUT2D eigenvalue weighted by atomic mass is 9.80. The van der Waals surface area contributed by atoms with Crippen LogP contribution in [0.3, 0.4) is 0 Å². The van der Waals surface area contributed by atoms with Crippen molar-refractivity contribution in [2.24, 2.45) is 5.41 Å². The second kappa shape index (κ2) is 43.9. The summed E-state index contributed by atoms with van der Waals surface area (Å²) >= 11 is 0. The van der Waals surface area contributed by atoms with E-state index in [2.05, 4.69) is 22.9 Å². The van der Waals surface area contributed by atoms with Crippen LogP contribution in [-0.4, -0.2) is 323 Å². The average Bonchev–Trinajstić information content (AvgIpc) is 3.66. The zero-order valence-electron chi connectivity index (χ0n) is 47.7. The Kier molecular flexibility index (Phi) is 39.5. The van der Waals surface area contributed by atoms with E-state index >= 15 is 0 Å². The fourth-order valence-corrected chi connectivity index (χ4v) is 8.73. The Bertz CT molecular complexity index is 1500. The minimum atomic E-state index is -1.54. The zero-order valence-corrected chi connectivity index (χ0v) is 47.7. The van der Waals surface area contributed by atoms with Crippen molar-refractivity contribution in [1.82, 2.24) is 16.0 Å². The number of ether oxygens (including phenoxy) is 13. The number of nitrogens with one attached hydrogen (secondary N) is 3. The molecule has 0 aromatic rings. The van der Waals surface area contributed by atoms with Gasteiger partial charge in [-0.2, -0.15) is 0 Å². The van der Waals surface area contributed by atoms with Gasteiger partial charge in [0, 0.05) is 38.9 Å². The van der Waals surface area contributed by atoms with E-state index in [-0.39, 0.29) is 142 Å². The van der Waals surface area contributed by atoms with Crippen LogP contribution in [0.5, 0.6) is 0 Å². The Morgan fingerprint density at radius 3 is 0.964 bits per heavy atom. The number of carbonyl (C=O) groups is 3. The van der Waals surface area contributed by atoms with Gasteiger partial charge in [-0.15, -0.1) is 0 Å². The first-order chi connectivity index (χ1) is 40.0. The maximum Gasteiger partial charge on any atom is 0.222 e. The molecule has 0 aliphatic carbocycles. The number of carbonyl (C=O) groups excluding carboxylic acids is 3. The summed E-state index contributed by atoms with van der Waals surface area (Å²) in [6.45, 7) is 4.30. The van der Waals surface area contributed by atoms with Crippen molar-refractivity contribution in [3.63, 3.8) is 0 Å². The van der Waals surface area contributed by atoms with Crippen molar-refractivity contribution >= 4 is 17.7 Å². The topological polar surface area (TPSA) is 450 Å². The summed E-state index contributed by atoms with van der Waals surface area (Å²) < 4.78 is 70.9. The van der Waals surface area contributed by atoms with Crippen molar-refractivity contribution in [1.29, 1.82) is 0 Å². The van der Waals surface area contributed by atoms with Crippen LogP contribution >= 0.6 is 0 Å². The van der Waals surface area contributed by atoms with E-state index in [0.717, 1.165) is 25.7 Å². The summed E-state index contributed by atoms with van der Waals surface area (Å²) in [4.78, 5) is 37.8. The van der Waals surface area contributed by atoms with E-state index in [1.807, 2.05) is 0 Å². The molecule has 3 rings (SSSR count). The smallest absolute Gasteiger partial charge is 0.222 e. The fourth-order valence-electron chi connectivity index (χ4n) is 8.73. The minimum absolute atomic E-state index is 0.00304. The van der Waals surface area contributed by atoms with E-state index in [0.29, 0.717) is 45.4 Å². The van der Waals surface area contributed by atoms with Crippen molar-refractivity contribution in [3.05, 3.63) is 0 Å². The van der Waals surface area contributed by atoms with E-state index < -0.39 is 112 Å². The highest BCUT2D eigenvalue weighted by Crippen LogP contribution is 2.32. The molecule has 6 unspecified atom stereocenters. The first-order valence-electron chi connectivity index (χ1n) is 28.6. The molecule has 0 radical (unpaired) electrons. The highest BCUT2D eigenvalue weighted by Gasteiger charge is 2.46. The molecule has 15 atom stereocenters. The molecule has 3 saturated heterocycles. The molecule has 0 bridgehead atoms. The minimum Gasteiger partial charge on any atom is -0.394 e. The van der Waals surface area contributed by atoms with Gasteiger partial charge in [0.05, 0.1) is 132 Å². The van der Waals surface area contributed by atoms with Gasteiger partial charge in [0.25, 0.3) is 0 Å². The molecule has 83 heavy (non-hydrogen) atoms. The molecule has 0 aromatic carbocycles. The zero-order chi connectivity index (χ0) is 60.8. The highest BCUT2D eigenvalue weighted by atomic mass is 16.7. The molecule has 3 amide bonds. The predicted octanol–water partition coefficient (Wildman–Crippen LogP) is -6.58. The standard InChI is InChI=1S/C52H97N3O28/c1-52(9-4-2-6-37(59)53-11-15-71-18-21-74-24-27-78-49-46(68)43(65)40(62)34(30-56)81-49,10-5-3-7-38(60)54-12-16-72-19-22-75-25-28-79-50-47(69)44(66)41(63)35(31-57)82-50)33-77-14-8-39(61)55-13-17-73-20-23-76-26-29-80-51-48(70)45(67)42(64)36(32-58)83-51/h34-36,40-51,56-58,62-70H,2-33H2,1H3,(H,53,59)(H,54,60)(H,55,61)/t34?,35?,36?,40-,41-,42-,43+,44+,45+,46?,47?,48?,49+,50+,51+,52?/m1/s1. The predicted molar refractivity (Wildman–Crippen MR) is 284 cm³/mol. The van der Waals surface area contributed by atoms with Crippen LogP contribution < -0.4 is 16.0 Å². The summed E-state index contributed by atoms with van der Waals surface area (Å²) in [7, 11) is 0. The lowest BCUT2D eigenvalue weighted by Crippen LogP contribution is -2.59. The van der Waals surface area contributed by atoms with E-state index in [9.17, 15) is 75.7 Å². The van der Waals surface area contributed by atoms with Gasteiger partial charge in [-0.25, -0.2) is 0 Å². The third-order valence-corrected chi connectivity index (χ3v) is 13.7. The average molecular weight is 1210 g/mol. The van der Waals surface area contributed by atoms with Gasteiger partial charge in [-0.3, -0.25) is 14.4 Å². The van der Waals surface area contributed by atoms with E-state index in [4.69, 9.17) is 61.6 Å². The molecule has 0 spiro atoms. The first kappa shape index (κ1) is 74.7. The molecule has 15 N–H and O–H groups in total. The third-order valence-electron chi connectivity index (χ3n) is 13.7. The Hall–Kier alpha value is -2.59. The molecule has 31 heteroatoms. The molecule has 488 valence electrons. The summed E-state index contributed by atoms with van der Waals surface area (Å²) in [5.41, 5.74) is -0.310. The molecule has 3 fully saturated rings. The van der Waals surface area contributed by atoms with Crippen molar-refractivity contribution in [2.45, 2.75) is 157 Å². The molecule has 3 aliphatic heterocycles. The van der Waals surface area contributed by atoms with Gasteiger partial charge < -0.3 is 139 Å². The van der Waals surface area contributed by atoms with Crippen LogP contribution in [0.4, 0.5) is 0 Å². The maximum absolute atomic E-state index is 12.6. The number of hydrogen-bond acceptors (Lipinski definition) is 28. The lowest BCUT2D eigenvalue weighted by Gasteiger charge is -2.39. The Morgan fingerprint density at radius 1 is 0.361 bits per heavy atom. The van der Waals surface area contributed by atoms with Gasteiger partial charge in [-0.05, 0) is 31.1 Å². The van der Waals surface area contributed by atoms with Crippen LogP contribution in [0.25, 0.3) is 0 Å². The normalized spacial score (nSPS) is 29.1. The van der Waals surface area contributed by atoms with Gasteiger partial charge in [0.15, 0.2) is 18.9 Å². The molecule has 0 saturated carbocycles. The monoisotopic (exact) mass is 1210 g/mol. The van der Waals surface area contributed by atoms with Gasteiger partial charge in [0.2, 0.25) is 17.7 Å². The Labute approximate surface area is 483 Å². The number of amides is 3. The quantitative estimate of drug-likeness (QED) is 0.0252. The number of unbranched alkanes of at least 4 members (excludes halogenated alkanes) is 2. The number of hydrogen-bond donors (Lipinski definition) is 15. The fraction of sp³-hybridized carbons (Fsp3) is 0.942. The number of rotatable bonds is 48. The summed E-state index contributed by atoms with van der Waals surface area (Å²) in [6, 6.07) is 0. The van der Waals surface area contributed by atoms with Crippen molar-refractivity contribution in [3.8, 4) is 0 Å². The Balaban J connectivity index is 1.26. The van der Waals surface area contributed by atoms with Gasteiger partial charge >= 0.3 is 0 Å². The third kappa shape index (κ3) is 29.8. The van der Waals surface area contributed by atoms with E-state index in [1.54, 1.807) is 0 Å². The van der Waals surface area contributed by atoms with E-state index in [1.165, 1.54) is 0 Å². The molecular weight excluding hydrogens is 1110 g/mol. The maximum atomic E-state index is 12.6. The van der Waals surface area contributed by atoms with Crippen LogP contribution in [0.15, 0.2) is 0 Å². The van der Waals surface area contributed by atoms with Crippen molar-refractivity contribution in [2.75, 3.05) is 152 Å². The van der Waals surface area contributed by atoms with Crippen LogP contribution in [-0.2, 0) is 76.0 Å². The molecule has 31 nitrogen and oxygen atoms in total. The SMILES string of the molecule is CC(CCCCC(=O)NCCOCCOCCO[C@H]1OC(CO)[C@@H](O)[C@H](O)C1O)(CCCCC(=O)NCCOCCOCCO[C@H]1OC(CO)[C@@H](O)[C@H](O)C1O)COCCC(=O)NCCOCCOCCO[C@H]1OC(CO)[C@@H](O)[C@H](O)C1O. The summed E-state index contributed by atoms with van der Waals surface area (Å²) in [5.74, 6) is -0.472. The summed E-state index contributed by atoms with van der Waals surface area (Å²) in [5, 5.41) is 126. The second-order valence-electron chi connectivity index (χ2n) is 20.5. The highest BCUT2D eigenvalue weighted by molar-refractivity contribution is 5.76. The van der Waals surface area contributed by atoms with Crippen molar-refractivity contribution < 1.29 is 137 Å². The Morgan fingerprint density at radius 2 is 0.651 bits per heavy atom. The van der Waals surface area contributed by atoms with Crippen LogP contribution in [0, 0.1) is 5.41 Å². The van der Waals surface area contributed by atoms with Crippen LogP contribution in [0.2, 0.25) is 0 Å². The first-order valence-corrected chi connectivity index (χ1v) is 28.6. The largest absolute Gasteiger partial charge is 0.394 e. The summed E-state index contributed by atoms with van der Waals surface area (Å²) in [6.07, 6.45) is -15.6. The lowest BCUT2D eigenvalue weighted by molar-refractivity contribution is -0.302.